The molecule has 0 fully saturated rings. The van der Waals surface area contributed by atoms with E-state index < -0.39 is 10.0 Å². The normalized spacial score (nSPS) is 12.4. The van der Waals surface area contributed by atoms with Crippen LogP contribution in [0.15, 0.2) is 81.3 Å². The second kappa shape index (κ2) is 8.16. The second-order valence-corrected chi connectivity index (χ2v) is 9.02. The average molecular weight is 427 g/mol. The van der Waals surface area contributed by atoms with E-state index in [0.29, 0.717) is 10.9 Å². The van der Waals surface area contributed by atoms with Gasteiger partial charge < -0.3 is 4.42 Å². The van der Waals surface area contributed by atoms with Crippen molar-refractivity contribution in [3.63, 3.8) is 0 Å². The number of sulfonamides is 1. The van der Waals surface area contributed by atoms with Crippen LogP contribution in [0.25, 0.3) is 10.2 Å². The van der Waals surface area contributed by atoms with E-state index >= 15 is 0 Å². The van der Waals surface area contributed by atoms with Crippen LogP contribution in [0, 0.1) is 0 Å². The minimum atomic E-state index is -3.62. The van der Waals surface area contributed by atoms with Gasteiger partial charge in [0.05, 0.1) is 33.6 Å². The molecule has 29 heavy (non-hydrogen) atoms. The third-order valence-corrected chi connectivity index (χ3v) is 6.57. The lowest BCUT2D eigenvalue weighted by Gasteiger charge is -2.07. The molecule has 0 aliphatic rings. The number of benzene rings is 2. The highest BCUT2D eigenvalue weighted by atomic mass is 32.2. The van der Waals surface area contributed by atoms with Gasteiger partial charge in [-0.25, -0.2) is 18.1 Å². The summed E-state index contributed by atoms with van der Waals surface area (Å²) in [5.41, 5.74) is 5.42. The number of furan rings is 1. The minimum Gasteiger partial charge on any atom is -0.468 e. The Morgan fingerprint density at radius 2 is 1.90 bits per heavy atom. The van der Waals surface area contributed by atoms with E-state index in [-0.39, 0.29) is 11.4 Å². The van der Waals surface area contributed by atoms with Gasteiger partial charge in [0.2, 0.25) is 15.2 Å². The molecule has 0 amide bonds. The van der Waals surface area contributed by atoms with Crippen LogP contribution in [0.1, 0.15) is 18.2 Å². The van der Waals surface area contributed by atoms with Gasteiger partial charge >= 0.3 is 0 Å². The van der Waals surface area contributed by atoms with E-state index in [0.717, 1.165) is 21.5 Å². The van der Waals surface area contributed by atoms with Gasteiger partial charge in [0, 0.05) is 0 Å². The summed E-state index contributed by atoms with van der Waals surface area (Å²) in [6, 6.07) is 17.8. The summed E-state index contributed by atoms with van der Waals surface area (Å²) >= 11 is 1.52. The minimum absolute atomic E-state index is 0.101. The van der Waals surface area contributed by atoms with Crippen LogP contribution in [-0.2, 0) is 16.6 Å². The number of hydrogen-bond acceptors (Lipinski definition) is 7. The number of anilines is 1. The predicted molar refractivity (Wildman–Crippen MR) is 115 cm³/mol. The number of rotatable bonds is 7. The fourth-order valence-corrected chi connectivity index (χ4v) is 4.46. The largest absolute Gasteiger partial charge is 0.468 e. The Hall–Kier alpha value is -3.01. The number of hydrazone groups is 1. The summed E-state index contributed by atoms with van der Waals surface area (Å²) in [7, 11) is -3.62. The molecule has 0 aliphatic carbocycles. The Labute approximate surface area is 172 Å². The number of nitrogens with zero attached hydrogens (tertiary/aromatic N) is 2. The fourth-order valence-electron chi connectivity index (χ4n) is 2.65. The molecule has 0 unspecified atom stereocenters. The zero-order valence-electron chi connectivity index (χ0n) is 15.5. The molecule has 2 aromatic heterocycles. The van der Waals surface area contributed by atoms with E-state index in [1.165, 1.54) is 17.6 Å². The molecule has 2 heterocycles. The predicted octanol–water partition coefficient (Wildman–Crippen LogP) is 4.20. The summed E-state index contributed by atoms with van der Waals surface area (Å²) in [5, 5.41) is 5.06. The SMILES string of the molecule is CC(=NNc1nc2ccccc2s1)c1ccc(S(=O)(=O)NCc2ccco2)cc1. The Balaban J connectivity index is 1.44. The molecule has 0 bridgehead atoms. The Bertz CT molecular complexity index is 1210. The molecule has 2 N–H and O–H groups in total. The van der Waals surface area contributed by atoms with Crippen molar-refractivity contribution in [3.05, 3.63) is 78.3 Å². The van der Waals surface area contributed by atoms with Crippen LogP contribution in [0.2, 0.25) is 0 Å². The molecule has 0 spiro atoms. The van der Waals surface area contributed by atoms with Gasteiger partial charge in [0.25, 0.3) is 0 Å². The van der Waals surface area contributed by atoms with E-state index in [1.807, 2.05) is 31.2 Å². The van der Waals surface area contributed by atoms with Gasteiger partial charge in [-0.15, -0.1) is 0 Å². The first kappa shape index (κ1) is 19.3. The highest BCUT2D eigenvalue weighted by molar-refractivity contribution is 7.89. The zero-order chi connectivity index (χ0) is 20.3. The van der Waals surface area contributed by atoms with Crippen LogP contribution in [0.3, 0.4) is 0 Å². The van der Waals surface area contributed by atoms with Crippen LogP contribution in [0.5, 0.6) is 0 Å². The maximum absolute atomic E-state index is 12.4. The molecule has 7 nitrogen and oxygen atoms in total. The van der Waals surface area contributed by atoms with Crippen molar-refractivity contribution >= 4 is 42.4 Å². The summed E-state index contributed by atoms with van der Waals surface area (Å²) in [5.74, 6) is 0.550. The summed E-state index contributed by atoms with van der Waals surface area (Å²) in [4.78, 5) is 4.65. The van der Waals surface area contributed by atoms with E-state index in [9.17, 15) is 8.42 Å². The molecular weight excluding hydrogens is 408 g/mol. The molecule has 0 atom stereocenters. The Kier molecular flexibility index (Phi) is 5.43. The first-order valence-corrected chi connectivity index (χ1v) is 11.1. The molecule has 0 saturated carbocycles. The highest BCUT2D eigenvalue weighted by Crippen LogP contribution is 2.25. The maximum Gasteiger partial charge on any atom is 0.240 e. The van der Waals surface area contributed by atoms with E-state index in [1.54, 1.807) is 36.4 Å². The quantitative estimate of drug-likeness (QED) is 0.341. The molecule has 0 radical (unpaired) electrons. The number of aromatic nitrogens is 1. The first-order chi connectivity index (χ1) is 14.0. The molecule has 0 aliphatic heterocycles. The third-order valence-electron chi connectivity index (χ3n) is 4.21. The van der Waals surface area contributed by atoms with Gasteiger partial charge in [-0.05, 0) is 48.9 Å². The van der Waals surface area contributed by atoms with Gasteiger partial charge in [0.15, 0.2) is 0 Å². The topological polar surface area (TPSA) is 96.6 Å². The van der Waals surface area contributed by atoms with Gasteiger partial charge in [-0.3, -0.25) is 5.43 Å². The zero-order valence-corrected chi connectivity index (χ0v) is 17.1. The smallest absolute Gasteiger partial charge is 0.240 e. The van der Waals surface area contributed by atoms with Crippen molar-refractivity contribution in [2.24, 2.45) is 5.10 Å². The van der Waals surface area contributed by atoms with Crippen molar-refractivity contribution in [1.82, 2.24) is 9.71 Å². The molecule has 4 aromatic rings. The van der Waals surface area contributed by atoms with E-state index in [4.69, 9.17) is 4.42 Å². The molecule has 148 valence electrons. The lowest BCUT2D eigenvalue weighted by Crippen LogP contribution is -2.23. The van der Waals surface area contributed by atoms with Crippen molar-refractivity contribution in [3.8, 4) is 0 Å². The van der Waals surface area contributed by atoms with Crippen molar-refractivity contribution in [2.75, 3.05) is 5.43 Å². The number of para-hydroxylation sites is 1. The van der Waals surface area contributed by atoms with Crippen LogP contribution < -0.4 is 10.1 Å². The maximum atomic E-state index is 12.4. The van der Waals surface area contributed by atoms with Gasteiger partial charge in [-0.1, -0.05) is 35.6 Å². The number of hydrogen-bond donors (Lipinski definition) is 2. The molecule has 4 rings (SSSR count). The lowest BCUT2D eigenvalue weighted by atomic mass is 10.1. The summed E-state index contributed by atoms with van der Waals surface area (Å²) < 4.78 is 33.5. The number of thiazole rings is 1. The standard InChI is InChI=1S/C20H18N4O3S2/c1-14(23-24-20-22-18-6-2-3-7-19(18)28-20)15-8-10-17(11-9-15)29(25,26)21-13-16-5-4-12-27-16/h2-12,21H,13H2,1H3,(H,22,24). The number of nitrogens with one attached hydrogen (secondary N) is 2. The van der Waals surface area contributed by atoms with Crippen LogP contribution in [-0.4, -0.2) is 19.1 Å². The lowest BCUT2D eigenvalue weighted by molar-refractivity contribution is 0.498. The van der Waals surface area contributed by atoms with Crippen molar-refractivity contribution in [2.45, 2.75) is 18.4 Å². The molecular formula is C20H18N4O3S2. The second-order valence-electron chi connectivity index (χ2n) is 6.22. The fraction of sp³-hybridized carbons (Fsp3) is 0.100. The number of fused-ring (bicyclic) bond motifs is 1. The average Bonchev–Trinajstić information content (AvgIpc) is 3.40. The van der Waals surface area contributed by atoms with Crippen LogP contribution >= 0.6 is 11.3 Å². The third kappa shape index (κ3) is 4.53. The summed E-state index contributed by atoms with van der Waals surface area (Å²) in [6.07, 6.45) is 1.50. The van der Waals surface area contributed by atoms with Crippen LogP contribution in [0.4, 0.5) is 5.13 Å². The van der Waals surface area contributed by atoms with Gasteiger partial charge in [0.1, 0.15) is 5.76 Å². The monoisotopic (exact) mass is 426 g/mol. The van der Waals surface area contributed by atoms with Crippen molar-refractivity contribution < 1.29 is 12.8 Å². The molecule has 0 saturated heterocycles. The molecule has 2 aromatic carbocycles. The first-order valence-electron chi connectivity index (χ1n) is 8.80. The van der Waals surface area contributed by atoms with Crippen molar-refractivity contribution in [1.29, 1.82) is 0 Å². The van der Waals surface area contributed by atoms with Gasteiger partial charge in [-0.2, -0.15) is 5.10 Å². The molecule has 9 heteroatoms. The Morgan fingerprint density at radius 1 is 1.10 bits per heavy atom. The van der Waals surface area contributed by atoms with E-state index in [2.05, 4.69) is 20.2 Å². The highest BCUT2D eigenvalue weighted by Gasteiger charge is 2.14. The summed E-state index contributed by atoms with van der Waals surface area (Å²) in [6.45, 7) is 1.95. The Morgan fingerprint density at radius 3 is 2.62 bits per heavy atom.